The number of fused-ring (bicyclic) bond motifs is 3. The quantitative estimate of drug-likeness (QED) is 0.627. The molecule has 1 atom stereocenters. The molecule has 138 valence electrons. The minimum atomic E-state index is -0.311. The monoisotopic (exact) mass is 383 g/mol. The zero-order valence-corrected chi connectivity index (χ0v) is 15.9. The minimum absolute atomic E-state index is 0.219. The van der Waals surface area contributed by atoms with E-state index in [0.29, 0.717) is 29.5 Å². The number of halogens is 2. The summed E-state index contributed by atoms with van der Waals surface area (Å²) in [4.78, 5) is 9.40. The first-order valence-corrected chi connectivity index (χ1v) is 9.24. The number of rotatable bonds is 4. The number of imidazole rings is 1. The molecule has 0 bridgehead atoms. The van der Waals surface area contributed by atoms with Crippen LogP contribution in [-0.2, 0) is 11.3 Å². The molecule has 0 N–H and O–H groups in total. The number of ether oxygens (including phenoxy) is 1. The van der Waals surface area contributed by atoms with E-state index >= 15 is 0 Å². The zero-order chi connectivity index (χ0) is 19.0. The summed E-state index contributed by atoms with van der Waals surface area (Å²) in [7, 11) is 0. The van der Waals surface area contributed by atoms with Crippen LogP contribution in [-0.4, -0.2) is 21.9 Å². The number of aromatic nitrogens is 2. The molecule has 1 aromatic heterocycles. The van der Waals surface area contributed by atoms with Gasteiger partial charge in [-0.15, -0.1) is 0 Å². The molecule has 1 aliphatic heterocycles. The second-order valence-corrected chi connectivity index (χ2v) is 6.82. The maximum Gasteiger partial charge on any atom is 0.132 e. The third kappa shape index (κ3) is 3.17. The molecule has 0 fully saturated rings. The van der Waals surface area contributed by atoms with E-state index in [2.05, 4.69) is 4.98 Å². The number of benzene rings is 2. The summed E-state index contributed by atoms with van der Waals surface area (Å²) in [6, 6.07) is 12.0. The van der Waals surface area contributed by atoms with Crippen LogP contribution in [0.5, 0.6) is 0 Å². The van der Waals surface area contributed by atoms with Crippen molar-refractivity contribution in [3.63, 3.8) is 0 Å². The van der Waals surface area contributed by atoms with Crippen LogP contribution in [0.4, 0.5) is 4.39 Å². The molecular formula is C21H19ClFN3O. The Balaban J connectivity index is 1.97. The highest BCUT2D eigenvalue weighted by Gasteiger charge is 2.27. The Hall–Kier alpha value is -2.50. The molecule has 3 aromatic rings. The summed E-state index contributed by atoms with van der Waals surface area (Å²) < 4.78 is 22.1. The number of aliphatic imine (C=N–C) groups is 1. The first kappa shape index (κ1) is 17.9. The van der Waals surface area contributed by atoms with Crippen LogP contribution in [0.25, 0.3) is 5.69 Å². The van der Waals surface area contributed by atoms with Gasteiger partial charge in [-0.2, -0.15) is 0 Å². The van der Waals surface area contributed by atoms with E-state index in [1.807, 2.05) is 42.7 Å². The smallest absolute Gasteiger partial charge is 0.132 e. The van der Waals surface area contributed by atoms with Crippen LogP contribution in [0.2, 0.25) is 5.02 Å². The van der Waals surface area contributed by atoms with Gasteiger partial charge in [0.25, 0.3) is 0 Å². The Morgan fingerprint density at radius 3 is 2.78 bits per heavy atom. The third-order valence-electron chi connectivity index (χ3n) is 4.65. The fraction of sp³-hybridized carbons (Fsp3) is 0.238. The molecule has 4 rings (SSSR count). The highest BCUT2D eigenvalue weighted by Crippen LogP contribution is 2.34. The van der Waals surface area contributed by atoms with Gasteiger partial charge in [-0.05, 0) is 44.2 Å². The van der Waals surface area contributed by atoms with Crippen molar-refractivity contribution in [1.29, 1.82) is 0 Å². The Morgan fingerprint density at radius 2 is 2.00 bits per heavy atom. The number of hydrogen-bond acceptors (Lipinski definition) is 3. The van der Waals surface area contributed by atoms with Crippen LogP contribution in [0.15, 0.2) is 53.8 Å². The highest BCUT2D eigenvalue weighted by atomic mass is 35.5. The largest absolute Gasteiger partial charge is 0.375 e. The Morgan fingerprint density at radius 1 is 1.19 bits per heavy atom. The summed E-state index contributed by atoms with van der Waals surface area (Å²) in [6.45, 7) is 4.95. The van der Waals surface area contributed by atoms with Crippen molar-refractivity contribution < 1.29 is 9.13 Å². The van der Waals surface area contributed by atoms with E-state index in [0.717, 1.165) is 22.6 Å². The van der Waals surface area contributed by atoms with E-state index in [1.165, 1.54) is 6.07 Å². The van der Waals surface area contributed by atoms with Gasteiger partial charge < -0.3 is 9.30 Å². The summed E-state index contributed by atoms with van der Waals surface area (Å²) >= 11 is 6.27. The molecule has 2 heterocycles. The fourth-order valence-electron chi connectivity index (χ4n) is 3.44. The van der Waals surface area contributed by atoms with Gasteiger partial charge in [0, 0.05) is 22.8 Å². The average molecular weight is 384 g/mol. The van der Waals surface area contributed by atoms with Crippen molar-refractivity contribution in [2.75, 3.05) is 6.61 Å². The molecule has 0 radical (unpaired) electrons. The lowest BCUT2D eigenvalue weighted by molar-refractivity contribution is 0.130. The lowest BCUT2D eigenvalue weighted by Crippen LogP contribution is -2.09. The van der Waals surface area contributed by atoms with Crippen LogP contribution in [0.3, 0.4) is 0 Å². The summed E-state index contributed by atoms with van der Waals surface area (Å²) in [5, 5.41) is 0.573. The van der Waals surface area contributed by atoms with Gasteiger partial charge in [0.1, 0.15) is 5.82 Å². The van der Waals surface area contributed by atoms with E-state index in [4.69, 9.17) is 21.3 Å². The van der Waals surface area contributed by atoms with Gasteiger partial charge in [0.2, 0.25) is 0 Å². The topological polar surface area (TPSA) is 39.4 Å². The first-order chi connectivity index (χ1) is 13.1. The minimum Gasteiger partial charge on any atom is -0.375 e. The van der Waals surface area contributed by atoms with Crippen LogP contribution >= 0.6 is 11.6 Å². The number of hydrogen-bond donors (Lipinski definition) is 0. The zero-order valence-electron chi connectivity index (χ0n) is 15.1. The molecule has 0 saturated carbocycles. The molecule has 0 unspecified atom stereocenters. The average Bonchev–Trinajstić information content (AvgIpc) is 3.04. The van der Waals surface area contributed by atoms with Crippen LogP contribution in [0.1, 0.15) is 42.4 Å². The molecule has 0 amide bonds. The first-order valence-electron chi connectivity index (χ1n) is 8.87. The van der Waals surface area contributed by atoms with E-state index in [9.17, 15) is 4.39 Å². The molecular weight excluding hydrogens is 365 g/mol. The Kier molecular flexibility index (Phi) is 4.81. The standard InChI is InChI=1S/C21H19ClFN3O/c1-3-27-11-18-21-13(2)25-20(15-6-4-5-7-17(15)23)16-10-14(22)8-9-19(16)26(21)12-24-18/h4-10,12-13H,3,11H2,1-2H3/t13-/m1/s1. The summed E-state index contributed by atoms with van der Waals surface area (Å²) in [6.07, 6.45) is 1.77. The molecule has 1 aliphatic rings. The van der Waals surface area contributed by atoms with E-state index < -0.39 is 0 Å². The molecule has 4 nitrogen and oxygen atoms in total. The van der Waals surface area contributed by atoms with Gasteiger partial charge in [-0.1, -0.05) is 23.7 Å². The SMILES string of the molecule is CCOCc1ncn2c1[C@@H](C)N=C(c1ccccc1F)c1cc(Cl)ccc1-2. The van der Waals surface area contributed by atoms with Crippen molar-refractivity contribution in [2.45, 2.75) is 26.5 Å². The van der Waals surface area contributed by atoms with E-state index in [-0.39, 0.29) is 11.9 Å². The fourth-order valence-corrected chi connectivity index (χ4v) is 3.61. The summed E-state index contributed by atoms with van der Waals surface area (Å²) in [5.74, 6) is -0.311. The third-order valence-corrected chi connectivity index (χ3v) is 4.88. The molecule has 0 aliphatic carbocycles. The Labute approximate surface area is 162 Å². The van der Waals surface area contributed by atoms with E-state index in [1.54, 1.807) is 18.5 Å². The van der Waals surface area contributed by atoms with Crippen molar-refractivity contribution in [3.8, 4) is 5.69 Å². The number of nitrogens with zero attached hydrogens (tertiary/aromatic N) is 3. The van der Waals surface area contributed by atoms with Crippen molar-refractivity contribution in [2.24, 2.45) is 4.99 Å². The van der Waals surface area contributed by atoms with Gasteiger partial charge >= 0.3 is 0 Å². The highest BCUT2D eigenvalue weighted by molar-refractivity contribution is 6.31. The second-order valence-electron chi connectivity index (χ2n) is 6.38. The lowest BCUT2D eigenvalue weighted by Gasteiger charge is -2.12. The molecule has 27 heavy (non-hydrogen) atoms. The van der Waals surface area contributed by atoms with Gasteiger partial charge in [-0.3, -0.25) is 4.99 Å². The maximum atomic E-state index is 14.6. The van der Waals surface area contributed by atoms with Crippen molar-refractivity contribution in [1.82, 2.24) is 9.55 Å². The van der Waals surface area contributed by atoms with Crippen LogP contribution in [0, 0.1) is 5.82 Å². The van der Waals surface area contributed by atoms with Gasteiger partial charge in [0.15, 0.2) is 0 Å². The molecule has 2 aromatic carbocycles. The predicted molar refractivity (Wildman–Crippen MR) is 104 cm³/mol. The Bertz CT molecular complexity index is 1030. The van der Waals surface area contributed by atoms with Crippen molar-refractivity contribution in [3.05, 3.63) is 82.1 Å². The van der Waals surface area contributed by atoms with Gasteiger partial charge in [0.05, 0.1) is 41.8 Å². The van der Waals surface area contributed by atoms with Crippen molar-refractivity contribution >= 4 is 17.3 Å². The summed E-state index contributed by atoms with van der Waals surface area (Å²) in [5.41, 5.74) is 4.47. The lowest BCUT2D eigenvalue weighted by atomic mass is 10.00. The predicted octanol–water partition coefficient (Wildman–Crippen LogP) is 5.11. The molecule has 0 saturated heterocycles. The van der Waals surface area contributed by atoms with Gasteiger partial charge in [-0.25, -0.2) is 9.37 Å². The molecule has 0 spiro atoms. The molecule has 6 heteroatoms. The van der Waals surface area contributed by atoms with Crippen LogP contribution < -0.4 is 0 Å². The maximum absolute atomic E-state index is 14.6. The normalized spacial score (nSPS) is 15.7. The second kappa shape index (κ2) is 7.25.